The van der Waals surface area contributed by atoms with Crippen molar-refractivity contribution in [3.05, 3.63) is 0 Å². The van der Waals surface area contributed by atoms with E-state index in [1.54, 1.807) is 0 Å². The molecule has 0 aromatic rings. The summed E-state index contributed by atoms with van der Waals surface area (Å²) in [5, 5.41) is 27.5. The molecule has 66 valence electrons. The molecule has 5 heteroatoms. The molecule has 0 saturated carbocycles. The van der Waals surface area contributed by atoms with E-state index in [4.69, 9.17) is 19.1 Å². The molecule has 4 atom stereocenters. The normalized spacial score (nSPS) is 51.0. The van der Waals surface area contributed by atoms with Crippen molar-refractivity contribution < 1.29 is 28.9 Å². The fraction of sp³-hybridized carbons (Fsp3) is 1.00. The van der Waals surface area contributed by atoms with Crippen LogP contribution >= 0.6 is 0 Å². The SMILES string of the molecule is [2H]C([2H])([2H])O[C@H]1OC[C@H](O)[C@H](O)[C@H]1O. The predicted molar refractivity (Wildman–Crippen MR) is 34.8 cm³/mol. The molecule has 0 amide bonds. The summed E-state index contributed by atoms with van der Waals surface area (Å²) >= 11 is 0. The van der Waals surface area contributed by atoms with Crippen molar-refractivity contribution in [3.8, 4) is 0 Å². The van der Waals surface area contributed by atoms with Crippen molar-refractivity contribution >= 4 is 0 Å². The molecule has 0 spiro atoms. The molecule has 0 aromatic heterocycles. The van der Waals surface area contributed by atoms with Crippen LogP contribution in [0.2, 0.25) is 0 Å². The van der Waals surface area contributed by atoms with E-state index in [1.165, 1.54) is 0 Å². The zero-order valence-electron chi connectivity index (χ0n) is 8.67. The van der Waals surface area contributed by atoms with E-state index in [1.807, 2.05) is 0 Å². The summed E-state index contributed by atoms with van der Waals surface area (Å²) < 4.78 is 29.3. The first-order valence-corrected chi connectivity index (χ1v) is 3.15. The number of ether oxygens (including phenoxy) is 2. The van der Waals surface area contributed by atoms with Crippen molar-refractivity contribution in [3.63, 3.8) is 0 Å². The van der Waals surface area contributed by atoms with Crippen LogP contribution in [0.5, 0.6) is 0 Å². The summed E-state index contributed by atoms with van der Waals surface area (Å²) in [4.78, 5) is 0. The number of hydrogen-bond acceptors (Lipinski definition) is 5. The molecular weight excluding hydrogens is 152 g/mol. The third-order valence-corrected chi connectivity index (χ3v) is 1.57. The van der Waals surface area contributed by atoms with Crippen LogP contribution in [0.4, 0.5) is 0 Å². The average molecular weight is 167 g/mol. The molecule has 0 bridgehead atoms. The second kappa shape index (κ2) is 3.46. The third-order valence-electron chi connectivity index (χ3n) is 1.57. The van der Waals surface area contributed by atoms with Gasteiger partial charge < -0.3 is 24.8 Å². The Hall–Kier alpha value is -0.200. The van der Waals surface area contributed by atoms with Gasteiger partial charge in [-0.3, -0.25) is 0 Å². The van der Waals surface area contributed by atoms with Gasteiger partial charge in [0, 0.05) is 7.04 Å². The molecule has 0 unspecified atom stereocenters. The van der Waals surface area contributed by atoms with Crippen molar-refractivity contribution in [2.75, 3.05) is 13.6 Å². The van der Waals surface area contributed by atoms with Crippen molar-refractivity contribution in [2.45, 2.75) is 24.6 Å². The Morgan fingerprint density at radius 2 is 2.18 bits per heavy atom. The van der Waals surface area contributed by atoms with Gasteiger partial charge in [0.1, 0.15) is 18.3 Å². The topological polar surface area (TPSA) is 79.2 Å². The molecule has 1 aliphatic heterocycles. The van der Waals surface area contributed by atoms with Gasteiger partial charge >= 0.3 is 0 Å². The van der Waals surface area contributed by atoms with E-state index in [-0.39, 0.29) is 6.61 Å². The van der Waals surface area contributed by atoms with Crippen LogP contribution in [-0.2, 0) is 9.47 Å². The van der Waals surface area contributed by atoms with Gasteiger partial charge in [-0.15, -0.1) is 0 Å². The summed E-state index contributed by atoms with van der Waals surface area (Å²) in [5.74, 6) is 0. The molecule has 0 aliphatic carbocycles. The van der Waals surface area contributed by atoms with Crippen molar-refractivity contribution in [1.29, 1.82) is 0 Å². The van der Waals surface area contributed by atoms with E-state index in [0.29, 0.717) is 0 Å². The molecule has 11 heavy (non-hydrogen) atoms. The third kappa shape index (κ3) is 1.69. The Morgan fingerprint density at radius 3 is 2.82 bits per heavy atom. The Bertz CT molecular complexity index is 196. The lowest BCUT2D eigenvalue weighted by Crippen LogP contribution is -2.53. The summed E-state index contributed by atoms with van der Waals surface area (Å²) in [5.41, 5.74) is 0. The smallest absolute Gasteiger partial charge is 0.185 e. The van der Waals surface area contributed by atoms with Gasteiger partial charge in [-0.2, -0.15) is 0 Å². The number of hydrogen-bond donors (Lipinski definition) is 3. The summed E-state index contributed by atoms with van der Waals surface area (Å²) in [6.07, 6.45) is -5.71. The molecule has 1 heterocycles. The maximum absolute atomic E-state index is 9.26. The van der Waals surface area contributed by atoms with Crippen molar-refractivity contribution in [2.24, 2.45) is 0 Å². The quantitative estimate of drug-likeness (QED) is 0.424. The van der Waals surface area contributed by atoms with E-state index in [2.05, 4.69) is 4.74 Å². The summed E-state index contributed by atoms with van der Waals surface area (Å²) in [6, 6.07) is 0. The zero-order chi connectivity index (χ0) is 10.9. The molecular formula is C6H12O5. The number of methoxy groups -OCH3 is 1. The second-order valence-electron chi connectivity index (χ2n) is 2.37. The minimum atomic E-state index is -2.71. The maximum Gasteiger partial charge on any atom is 0.185 e. The van der Waals surface area contributed by atoms with Crippen LogP contribution in [-0.4, -0.2) is 53.6 Å². The summed E-state index contributed by atoms with van der Waals surface area (Å²) in [6.45, 7) is -0.279. The van der Waals surface area contributed by atoms with Crippen LogP contribution < -0.4 is 0 Å². The Balaban J connectivity index is 2.55. The van der Waals surface area contributed by atoms with Crippen LogP contribution in [0, 0.1) is 0 Å². The van der Waals surface area contributed by atoms with Crippen LogP contribution in [0.15, 0.2) is 0 Å². The monoisotopic (exact) mass is 167 g/mol. The lowest BCUT2D eigenvalue weighted by Gasteiger charge is -2.33. The van der Waals surface area contributed by atoms with Crippen LogP contribution in [0.1, 0.15) is 4.11 Å². The van der Waals surface area contributed by atoms with E-state index in [9.17, 15) is 5.11 Å². The average Bonchev–Trinajstić information content (AvgIpc) is 2.04. The van der Waals surface area contributed by atoms with Gasteiger partial charge in [0.2, 0.25) is 0 Å². The lowest BCUT2D eigenvalue weighted by atomic mass is 10.1. The van der Waals surface area contributed by atoms with E-state index < -0.39 is 31.6 Å². The zero-order valence-corrected chi connectivity index (χ0v) is 5.67. The highest BCUT2D eigenvalue weighted by molar-refractivity contribution is 4.81. The highest BCUT2D eigenvalue weighted by Gasteiger charge is 2.37. The van der Waals surface area contributed by atoms with E-state index in [0.717, 1.165) is 0 Å². The first-order chi connectivity index (χ1) is 6.31. The molecule has 0 radical (unpaired) electrons. The Morgan fingerprint density at radius 1 is 1.45 bits per heavy atom. The van der Waals surface area contributed by atoms with Gasteiger partial charge in [-0.1, -0.05) is 0 Å². The maximum atomic E-state index is 9.26. The molecule has 1 rings (SSSR count). The number of rotatable bonds is 1. The van der Waals surface area contributed by atoms with E-state index >= 15 is 0 Å². The molecule has 3 N–H and O–H groups in total. The van der Waals surface area contributed by atoms with Gasteiger partial charge in [0.25, 0.3) is 0 Å². The summed E-state index contributed by atoms with van der Waals surface area (Å²) in [7, 11) is -2.71. The van der Waals surface area contributed by atoms with Gasteiger partial charge in [0.05, 0.1) is 10.7 Å². The Kier molecular flexibility index (Phi) is 1.72. The Labute approximate surface area is 68.4 Å². The number of aliphatic hydroxyl groups is 3. The fourth-order valence-electron chi connectivity index (χ4n) is 0.883. The molecule has 0 aromatic carbocycles. The minimum absolute atomic E-state index is 0.279. The van der Waals surface area contributed by atoms with Crippen LogP contribution in [0.25, 0.3) is 0 Å². The highest BCUT2D eigenvalue weighted by atomic mass is 16.7. The lowest BCUT2D eigenvalue weighted by molar-refractivity contribution is -0.261. The molecule has 1 saturated heterocycles. The predicted octanol–water partition coefficient (Wildman–Crippen LogP) is -1.93. The largest absolute Gasteiger partial charge is 0.388 e. The van der Waals surface area contributed by atoms with Gasteiger partial charge in [-0.25, -0.2) is 0 Å². The van der Waals surface area contributed by atoms with Crippen molar-refractivity contribution in [1.82, 2.24) is 0 Å². The first-order valence-electron chi connectivity index (χ1n) is 4.65. The fourth-order valence-corrected chi connectivity index (χ4v) is 0.883. The first kappa shape index (κ1) is 5.45. The molecule has 1 aliphatic rings. The molecule has 5 nitrogen and oxygen atoms in total. The standard InChI is InChI=1S/C6H12O5/c1-10-6-5(9)4(8)3(7)2-11-6/h3-9H,2H2,1H3/t3-,4-,5+,6-/m0/s1/i1D3. The highest BCUT2D eigenvalue weighted by Crippen LogP contribution is 2.15. The minimum Gasteiger partial charge on any atom is -0.388 e. The second-order valence-corrected chi connectivity index (χ2v) is 2.37. The van der Waals surface area contributed by atoms with Gasteiger partial charge in [-0.05, 0) is 0 Å². The van der Waals surface area contributed by atoms with Crippen LogP contribution in [0.3, 0.4) is 0 Å². The molecule has 1 fully saturated rings. The van der Waals surface area contributed by atoms with Gasteiger partial charge in [0.15, 0.2) is 6.29 Å². The number of aliphatic hydroxyl groups excluding tert-OH is 3.